The first-order valence-corrected chi connectivity index (χ1v) is 6.27. The zero-order valence-corrected chi connectivity index (χ0v) is 10.4. The second-order valence-electron chi connectivity index (χ2n) is 4.67. The van der Waals surface area contributed by atoms with E-state index in [2.05, 4.69) is 16.0 Å². The van der Waals surface area contributed by atoms with E-state index < -0.39 is 0 Å². The van der Waals surface area contributed by atoms with Crippen molar-refractivity contribution in [3.63, 3.8) is 0 Å². The fourth-order valence-corrected chi connectivity index (χ4v) is 2.27. The summed E-state index contributed by atoms with van der Waals surface area (Å²) >= 11 is 0. The van der Waals surface area contributed by atoms with Crippen LogP contribution in [0.3, 0.4) is 0 Å². The molecule has 0 aromatic heterocycles. The van der Waals surface area contributed by atoms with Crippen LogP contribution in [0.4, 0.5) is 11.4 Å². The SMILES string of the molecule is O=C1Cc2cc(NC(=O)C3COCCN3)ccc2N1. The van der Waals surface area contributed by atoms with Crippen molar-refractivity contribution in [1.29, 1.82) is 0 Å². The molecule has 2 aliphatic heterocycles. The summed E-state index contributed by atoms with van der Waals surface area (Å²) < 4.78 is 5.25. The van der Waals surface area contributed by atoms with Crippen LogP contribution in [0.1, 0.15) is 5.56 Å². The average Bonchev–Trinajstić information content (AvgIpc) is 2.79. The maximum absolute atomic E-state index is 12.0. The Labute approximate surface area is 110 Å². The summed E-state index contributed by atoms with van der Waals surface area (Å²) in [4.78, 5) is 23.3. The highest BCUT2D eigenvalue weighted by atomic mass is 16.5. The van der Waals surface area contributed by atoms with Gasteiger partial charge < -0.3 is 20.7 Å². The molecular weight excluding hydrogens is 246 g/mol. The Hall–Kier alpha value is -1.92. The first-order chi connectivity index (χ1) is 9.22. The van der Waals surface area contributed by atoms with Gasteiger partial charge in [-0.25, -0.2) is 0 Å². The van der Waals surface area contributed by atoms with Gasteiger partial charge in [-0.05, 0) is 23.8 Å². The van der Waals surface area contributed by atoms with Gasteiger partial charge in [0.1, 0.15) is 6.04 Å². The van der Waals surface area contributed by atoms with Crippen molar-refractivity contribution in [2.75, 3.05) is 30.4 Å². The second kappa shape index (κ2) is 4.99. The minimum absolute atomic E-state index is 0.0131. The van der Waals surface area contributed by atoms with Gasteiger partial charge in [-0.15, -0.1) is 0 Å². The zero-order chi connectivity index (χ0) is 13.2. The first kappa shape index (κ1) is 12.1. The molecule has 1 unspecified atom stereocenters. The molecule has 0 radical (unpaired) electrons. The molecule has 2 amide bonds. The van der Waals surface area contributed by atoms with Gasteiger partial charge in [0.15, 0.2) is 0 Å². The van der Waals surface area contributed by atoms with Crippen molar-refractivity contribution in [1.82, 2.24) is 5.32 Å². The molecule has 0 aliphatic carbocycles. The van der Waals surface area contributed by atoms with E-state index in [1.807, 2.05) is 6.07 Å². The molecular formula is C13H15N3O3. The molecule has 3 N–H and O–H groups in total. The lowest BCUT2D eigenvalue weighted by Crippen LogP contribution is -2.48. The highest BCUT2D eigenvalue weighted by Gasteiger charge is 2.22. The number of nitrogens with one attached hydrogen (secondary N) is 3. The van der Waals surface area contributed by atoms with E-state index >= 15 is 0 Å². The van der Waals surface area contributed by atoms with Gasteiger partial charge in [0.05, 0.1) is 19.6 Å². The average molecular weight is 261 g/mol. The van der Waals surface area contributed by atoms with Gasteiger partial charge in [0.2, 0.25) is 11.8 Å². The van der Waals surface area contributed by atoms with Gasteiger partial charge in [0.25, 0.3) is 0 Å². The van der Waals surface area contributed by atoms with Crippen molar-refractivity contribution in [3.8, 4) is 0 Å². The summed E-state index contributed by atoms with van der Waals surface area (Å²) in [5.41, 5.74) is 2.44. The van der Waals surface area contributed by atoms with E-state index in [-0.39, 0.29) is 17.9 Å². The van der Waals surface area contributed by atoms with Crippen LogP contribution in [0, 0.1) is 0 Å². The number of carbonyl (C=O) groups excluding carboxylic acids is 2. The molecule has 6 nitrogen and oxygen atoms in total. The first-order valence-electron chi connectivity index (χ1n) is 6.27. The maximum atomic E-state index is 12.0. The molecule has 2 aliphatic rings. The molecule has 6 heteroatoms. The number of amides is 2. The number of morpholine rings is 1. The maximum Gasteiger partial charge on any atom is 0.243 e. The number of anilines is 2. The monoisotopic (exact) mass is 261 g/mol. The van der Waals surface area contributed by atoms with E-state index in [1.165, 1.54) is 0 Å². The minimum atomic E-state index is -0.318. The number of ether oxygens (including phenoxy) is 1. The largest absolute Gasteiger partial charge is 0.378 e. The van der Waals surface area contributed by atoms with Crippen molar-refractivity contribution in [2.24, 2.45) is 0 Å². The van der Waals surface area contributed by atoms with E-state index in [0.29, 0.717) is 31.9 Å². The fourth-order valence-electron chi connectivity index (χ4n) is 2.27. The van der Waals surface area contributed by atoms with Crippen LogP contribution < -0.4 is 16.0 Å². The molecule has 0 saturated carbocycles. The Kier molecular flexibility index (Phi) is 3.18. The quantitative estimate of drug-likeness (QED) is 0.706. The molecule has 1 fully saturated rings. The summed E-state index contributed by atoms with van der Waals surface area (Å²) in [6.07, 6.45) is 0.365. The lowest BCUT2D eigenvalue weighted by atomic mass is 10.1. The summed E-state index contributed by atoms with van der Waals surface area (Å²) in [6.45, 7) is 1.70. The second-order valence-corrected chi connectivity index (χ2v) is 4.67. The van der Waals surface area contributed by atoms with E-state index in [1.54, 1.807) is 12.1 Å². The number of rotatable bonds is 2. The van der Waals surface area contributed by atoms with Crippen molar-refractivity contribution < 1.29 is 14.3 Å². The van der Waals surface area contributed by atoms with Crippen LogP contribution in [0.2, 0.25) is 0 Å². The van der Waals surface area contributed by atoms with Gasteiger partial charge in [-0.3, -0.25) is 9.59 Å². The lowest BCUT2D eigenvalue weighted by molar-refractivity contribution is -0.120. The number of fused-ring (bicyclic) bond motifs is 1. The standard InChI is InChI=1S/C13H15N3O3/c17-12-6-8-5-9(1-2-10(8)16-12)15-13(18)11-7-19-4-3-14-11/h1-2,5,11,14H,3-4,6-7H2,(H,15,18)(H,16,17). The predicted molar refractivity (Wildman–Crippen MR) is 70.0 cm³/mol. The number of benzene rings is 1. The summed E-state index contributed by atoms with van der Waals surface area (Å²) in [6, 6.07) is 5.10. The molecule has 2 heterocycles. The molecule has 1 aromatic rings. The van der Waals surface area contributed by atoms with Crippen LogP contribution >= 0.6 is 0 Å². The van der Waals surface area contributed by atoms with Crippen LogP contribution in [-0.2, 0) is 20.7 Å². The normalized spacial score (nSPS) is 21.7. The molecule has 100 valence electrons. The van der Waals surface area contributed by atoms with Gasteiger partial charge in [0, 0.05) is 17.9 Å². The Balaban J connectivity index is 1.68. The molecule has 3 rings (SSSR count). The van der Waals surface area contributed by atoms with Crippen LogP contribution in [0.25, 0.3) is 0 Å². The van der Waals surface area contributed by atoms with Crippen molar-refractivity contribution in [3.05, 3.63) is 23.8 Å². The van der Waals surface area contributed by atoms with Gasteiger partial charge >= 0.3 is 0 Å². The predicted octanol–water partition coefficient (Wildman–Crippen LogP) is 0.108. The third-order valence-corrected chi connectivity index (χ3v) is 3.24. The zero-order valence-electron chi connectivity index (χ0n) is 10.4. The van der Waals surface area contributed by atoms with Crippen LogP contribution in [0.5, 0.6) is 0 Å². The van der Waals surface area contributed by atoms with Crippen molar-refractivity contribution >= 4 is 23.2 Å². The number of carbonyl (C=O) groups is 2. The fraction of sp³-hybridized carbons (Fsp3) is 0.385. The Morgan fingerprint density at radius 1 is 1.42 bits per heavy atom. The molecule has 1 atom stereocenters. The van der Waals surface area contributed by atoms with E-state index in [0.717, 1.165) is 11.3 Å². The lowest BCUT2D eigenvalue weighted by Gasteiger charge is -2.23. The Bertz CT molecular complexity index is 524. The molecule has 1 aromatic carbocycles. The van der Waals surface area contributed by atoms with Crippen LogP contribution in [0.15, 0.2) is 18.2 Å². The highest BCUT2D eigenvalue weighted by Crippen LogP contribution is 2.26. The van der Waals surface area contributed by atoms with Gasteiger partial charge in [-0.1, -0.05) is 0 Å². The summed E-state index contributed by atoms with van der Waals surface area (Å²) in [5, 5.41) is 8.69. The molecule has 0 spiro atoms. The van der Waals surface area contributed by atoms with E-state index in [9.17, 15) is 9.59 Å². The third-order valence-electron chi connectivity index (χ3n) is 3.24. The third kappa shape index (κ3) is 2.59. The van der Waals surface area contributed by atoms with Gasteiger partial charge in [-0.2, -0.15) is 0 Å². The molecule has 1 saturated heterocycles. The van der Waals surface area contributed by atoms with Crippen molar-refractivity contribution in [2.45, 2.75) is 12.5 Å². The smallest absolute Gasteiger partial charge is 0.243 e. The minimum Gasteiger partial charge on any atom is -0.378 e. The number of hydrogen-bond acceptors (Lipinski definition) is 4. The topological polar surface area (TPSA) is 79.5 Å². The van der Waals surface area contributed by atoms with Crippen LogP contribution in [-0.4, -0.2) is 37.6 Å². The molecule has 19 heavy (non-hydrogen) atoms. The number of hydrogen-bond donors (Lipinski definition) is 3. The molecule has 0 bridgehead atoms. The summed E-state index contributed by atoms with van der Waals surface area (Å²) in [5.74, 6) is -0.127. The Morgan fingerprint density at radius 2 is 2.32 bits per heavy atom. The Morgan fingerprint density at radius 3 is 3.11 bits per heavy atom. The highest BCUT2D eigenvalue weighted by molar-refractivity contribution is 6.00. The van der Waals surface area contributed by atoms with E-state index in [4.69, 9.17) is 4.74 Å². The summed E-state index contributed by atoms with van der Waals surface area (Å²) in [7, 11) is 0.